The van der Waals surface area contributed by atoms with Gasteiger partial charge >= 0.3 is 0 Å². The maximum absolute atomic E-state index is 12.6. The number of thiophene rings is 1. The van der Waals surface area contributed by atoms with Gasteiger partial charge in [0, 0.05) is 38.9 Å². The number of sulfonamides is 1. The number of ether oxygens (including phenoxy) is 1. The third-order valence-corrected chi connectivity index (χ3v) is 7.40. The molecule has 0 radical (unpaired) electrons. The lowest BCUT2D eigenvalue weighted by Gasteiger charge is -2.33. The molecular formula is C17H20N2O4S2. The summed E-state index contributed by atoms with van der Waals surface area (Å²) in [5, 5.41) is 1.75. The van der Waals surface area contributed by atoms with Crippen molar-refractivity contribution >= 4 is 27.3 Å². The molecule has 1 aliphatic rings. The number of benzene rings is 1. The molecule has 1 aliphatic heterocycles. The summed E-state index contributed by atoms with van der Waals surface area (Å²) in [6.45, 7) is 1.92. The van der Waals surface area contributed by atoms with E-state index in [1.165, 1.54) is 15.6 Å². The van der Waals surface area contributed by atoms with Crippen LogP contribution in [0.3, 0.4) is 0 Å². The monoisotopic (exact) mass is 380 g/mol. The molecule has 6 nitrogen and oxygen atoms in total. The number of hydrogen-bond donors (Lipinski definition) is 0. The molecule has 3 rings (SSSR count). The fraction of sp³-hybridized carbons (Fsp3) is 0.353. The summed E-state index contributed by atoms with van der Waals surface area (Å²) >= 11 is 1.21. The third-order valence-electron chi connectivity index (χ3n) is 4.13. The van der Waals surface area contributed by atoms with Crippen LogP contribution in [0.4, 0.5) is 0 Å². The van der Waals surface area contributed by atoms with E-state index in [1.807, 2.05) is 12.1 Å². The Hall–Kier alpha value is -1.74. The van der Waals surface area contributed by atoms with Crippen molar-refractivity contribution in [2.45, 2.75) is 10.8 Å². The summed E-state index contributed by atoms with van der Waals surface area (Å²) in [7, 11) is -1.82. The minimum atomic E-state index is -3.44. The largest absolute Gasteiger partial charge is 0.380 e. The van der Waals surface area contributed by atoms with Crippen molar-refractivity contribution in [2.75, 3.05) is 33.3 Å². The highest BCUT2D eigenvalue weighted by atomic mass is 32.2. The van der Waals surface area contributed by atoms with Gasteiger partial charge in [0.2, 0.25) is 0 Å². The van der Waals surface area contributed by atoms with Gasteiger partial charge in [-0.05, 0) is 29.1 Å². The quantitative estimate of drug-likeness (QED) is 0.796. The van der Waals surface area contributed by atoms with Crippen LogP contribution in [-0.4, -0.2) is 56.8 Å². The lowest BCUT2D eigenvalue weighted by atomic mass is 10.1. The van der Waals surface area contributed by atoms with Crippen molar-refractivity contribution in [2.24, 2.45) is 0 Å². The van der Waals surface area contributed by atoms with E-state index in [9.17, 15) is 13.2 Å². The average Bonchev–Trinajstić information content (AvgIpc) is 3.18. The van der Waals surface area contributed by atoms with E-state index < -0.39 is 10.0 Å². The summed E-state index contributed by atoms with van der Waals surface area (Å²) in [6, 6.07) is 10.6. The van der Waals surface area contributed by atoms with Crippen LogP contribution in [0.15, 0.2) is 46.0 Å². The van der Waals surface area contributed by atoms with Crippen LogP contribution >= 0.6 is 11.3 Å². The van der Waals surface area contributed by atoms with Gasteiger partial charge < -0.3 is 9.64 Å². The SMILES string of the molecule is COCc1ccc(C(=O)N2CCN(S(=O)(=O)c3cccs3)CC2)cc1. The van der Waals surface area contributed by atoms with Gasteiger partial charge in [0.1, 0.15) is 4.21 Å². The van der Waals surface area contributed by atoms with Crippen LogP contribution in [0.2, 0.25) is 0 Å². The standard InChI is InChI=1S/C17H20N2O4S2/c1-23-13-14-4-6-15(7-5-14)17(20)18-8-10-19(11-9-18)25(21,22)16-3-2-12-24-16/h2-7,12H,8-11,13H2,1H3. The lowest BCUT2D eigenvalue weighted by molar-refractivity contribution is 0.0698. The molecule has 1 saturated heterocycles. The van der Waals surface area contributed by atoms with E-state index in [1.54, 1.807) is 41.7 Å². The van der Waals surface area contributed by atoms with E-state index in [2.05, 4.69) is 0 Å². The molecular weight excluding hydrogens is 360 g/mol. The van der Waals surface area contributed by atoms with E-state index in [4.69, 9.17) is 4.74 Å². The van der Waals surface area contributed by atoms with Gasteiger partial charge in [-0.25, -0.2) is 8.42 Å². The molecule has 0 saturated carbocycles. The van der Waals surface area contributed by atoms with Gasteiger partial charge in [-0.3, -0.25) is 4.79 Å². The minimum Gasteiger partial charge on any atom is -0.380 e. The maximum atomic E-state index is 12.6. The molecule has 1 amide bonds. The number of carbonyl (C=O) groups excluding carboxylic acids is 1. The highest BCUT2D eigenvalue weighted by Crippen LogP contribution is 2.22. The maximum Gasteiger partial charge on any atom is 0.253 e. The molecule has 134 valence electrons. The number of carbonyl (C=O) groups is 1. The number of hydrogen-bond acceptors (Lipinski definition) is 5. The predicted octanol–water partition coefficient (Wildman–Crippen LogP) is 2.04. The van der Waals surface area contributed by atoms with Crippen LogP contribution in [0.1, 0.15) is 15.9 Å². The number of piperazine rings is 1. The average molecular weight is 380 g/mol. The second-order valence-corrected chi connectivity index (χ2v) is 8.87. The molecule has 0 atom stereocenters. The van der Waals surface area contributed by atoms with Crippen molar-refractivity contribution in [1.82, 2.24) is 9.21 Å². The number of amides is 1. The van der Waals surface area contributed by atoms with Crippen LogP contribution in [0.5, 0.6) is 0 Å². The fourth-order valence-electron chi connectivity index (χ4n) is 2.76. The highest BCUT2D eigenvalue weighted by molar-refractivity contribution is 7.91. The van der Waals surface area contributed by atoms with E-state index in [-0.39, 0.29) is 5.91 Å². The zero-order valence-electron chi connectivity index (χ0n) is 13.9. The molecule has 1 aromatic heterocycles. The van der Waals surface area contributed by atoms with Crippen molar-refractivity contribution in [1.29, 1.82) is 0 Å². The summed E-state index contributed by atoms with van der Waals surface area (Å²) in [6.07, 6.45) is 0. The number of methoxy groups -OCH3 is 1. The first-order valence-corrected chi connectivity index (χ1v) is 10.2. The first-order chi connectivity index (χ1) is 12.0. The third kappa shape index (κ3) is 3.92. The Kier molecular flexibility index (Phi) is 5.53. The normalized spacial score (nSPS) is 16.1. The Morgan fingerprint density at radius 2 is 1.80 bits per heavy atom. The van der Waals surface area contributed by atoms with Crippen LogP contribution in [-0.2, 0) is 21.4 Å². The van der Waals surface area contributed by atoms with Gasteiger partial charge in [-0.1, -0.05) is 18.2 Å². The molecule has 0 aliphatic carbocycles. The van der Waals surface area contributed by atoms with E-state index in [0.29, 0.717) is 42.6 Å². The molecule has 2 heterocycles. The van der Waals surface area contributed by atoms with Crippen LogP contribution in [0, 0.1) is 0 Å². The molecule has 0 spiro atoms. The van der Waals surface area contributed by atoms with Crippen molar-refractivity contribution in [3.8, 4) is 0 Å². The second kappa shape index (κ2) is 7.65. The van der Waals surface area contributed by atoms with Crippen molar-refractivity contribution in [3.63, 3.8) is 0 Å². The molecule has 1 aromatic carbocycles. The number of nitrogens with zero attached hydrogens (tertiary/aromatic N) is 2. The molecule has 1 fully saturated rings. The van der Waals surface area contributed by atoms with Gasteiger partial charge in [0.25, 0.3) is 15.9 Å². The van der Waals surface area contributed by atoms with Gasteiger partial charge in [0.15, 0.2) is 0 Å². The Morgan fingerprint density at radius 1 is 1.12 bits per heavy atom. The Morgan fingerprint density at radius 3 is 2.36 bits per heavy atom. The Balaban J connectivity index is 1.63. The molecule has 0 bridgehead atoms. The van der Waals surface area contributed by atoms with Crippen molar-refractivity contribution in [3.05, 3.63) is 52.9 Å². The lowest BCUT2D eigenvalue weighted by Crippen LogP contribution is -2.50. The first-order valence-electron chi connectivity index (χ1n) is 7.93. The van der Waals surface area contributed by atoms with Gasteiger partial charge in [-0.15, -0.1) is 11.3 Å². The zero-order valence-corrected chi connectivity index (χ0v) is 15.6. The smallest absolute Gasteiger partial charge is 0.253 e. The number of rotatable bonds is 5. The summed E-state index contributed by atoms with van der Waals surface area (Å²) in [4.78, 5) is 14.3. The fourth-order valence-corrected chi connectivity index (χ4v) is 5.33. The second-order valence-electron chi connectivity index (χ2n) is 5.76. The zero-order chi connectivity index (χ0) is 17.9. The highest BCUT2D eigenvalue weighted by Gasteiger charge is 2.30. The molecule has 25 heavy (non-hydrogen) atoms. The molecule has 0 unspecified atom stereocenters. The summed E-state index contributed by atoms with van der Waals surface area (Å²) in [5.74, 6) is -0.0721. The first kappa shape index (κ1) is 18.1. The molecule has 8 heteroatoms. The van der Waals surface area contributed by atoms with Gasteiger partial charge in [-0.2, -0.15) is 4.31 Å². The van der Waals surface area contributed by atoms with Gasteiger partial charge in [0.05, 0.1) is 6.61 Å². The van der Waals surface area contributed by atoms with Crippen LogP contribution in [0.25, 0.3) is 0 Å². The van der Waals surface area contributed by atoms with Crippen LogP contribution < -0.4 is 0 Å². The van der Waals surface area contributed by atoms with Crippen molar-refractivity contribution < 1.29 is 17.9 Å². The predicted molar refractivity (Wildman–Crippen MR) is 96.1 cm³/mol. The van der Waals surface area contributed by atoms with E-state index in [0.717, 1.165) is 5.56 Å². The Bertz CT molecular complexity index is 809. The minimum absolute atomic E-state index is 0.0721. The summed E-state index contributed by atoms with van der Waals surface area (Å²) < 4.78 is 31.9. The Labute approximate surface area is 151 Å². The molecule has 2 aromatic rings. The topological polar surface area (TPSA) is 66.9 Å². The van der Waals surface area contributed by atoms with E-state index >= 15 is 0 Å². The summed E-state index contributed by atoms with van der Waals surface area (Å²) in [5.41, 5.74) is 1.61. The molecule has 0 N–H and O–H groups in total.